The first-order valence-corrected chi connectivity index (χ1v) is 3.08. The summed E-state index contributed by atoms with van der Waals surface area (Å²) in [6, 6.07) is 1.91. The predicted molar refractivity (Wildman–Crippen MR) is 38.8 cm³/mol. The van der Waals surface area contributed by atoms with Crippen LogP contribution in [0.5, 0.6) is 0 Å². The van der Waals surface area contributed by atoms with Crippen LogP contribution in [0.25, 0.3) is 0 Å². The maximum Gasteiger partial charge on any atom is 0.133 e. The number of allylic oxidation sites excluding steroid dienone is 1. The van der Waals surface area contributed by atoms with Gasteiger partial charge in [0.2, 0.25) is 0 Å². The van der Waals surface area contributed by atoms with Gasteiger partial charge in [0, 0.05) is 18.9 Å². The molecule has 1 aliphatic rings. The molecule has 0 amide bonds. The van der Waals surface area contributed by atoms with Gasteiger partial charge >= 0.3 is 0 Å². The molecule has 1 atom stereocenters. The van der Waals surface area contributed by atoms with Crippen molar-refractivity contribution in [1.82, 2.24) is 10.6 Å². The molecule has 1 aliphatic heterocycles. The van der Waals surface area contributed by atoms with Crippen LogP contribution in [0.4, 0.5) is 0 Å². The molecule has 1 rings (SSSR count). The number of likely N-dealkylation sites (N-methyl/N-ethyl adjacent to an activating group) is 1. The van der Waals surface area contributed by atoms with Crippen molar-refractivity contribution in [3.63, 3.8) is 0 Å². The van der Waals surface area contributed by atoms with Gasteiger partial charge in [-0.05, 0) is 12.2 Å². The third kappa shape index (κ3) is 1.29. The Morgan fingerprint density at radius 2 is 2.60 bits per heavy atom. The van der Waals surface area contributed by atoms with Gasteiger partial charge in [-0.2, -0.15) is 5.26 Å². The first-order chi connectivity index (χ1) is 4.86. The molecule has 52 valence electrons. The van der Waals surface area contributed by atoms with Crippen LogP contribution in [0.1, 0.15) is 0 Å². The summed E-state index contributed by atoms with van der Waals surface area (Å²) in [5, 5.41) is 14.3. The van der Waals surface area contributed by atoms with Crippen molar-refractivity contribution < 1.29 is 0 Å². The van der Waals surface area contributed by atoms with Gasteiger partial charge in [-0.25, -0.2) is 0 Å². The summed E-state index contributed by atoms with van der Waals surface area (Å²) in [5.74, 6) is 0. The van der Waals surface area contributed by atoms with Crippen molar-refractivity contribution in [2.24, 2.45) is 0 Å². The largest absolute Gasteiger partial charge is 0.387 e. The smallest absolute Gasteiger partial charge is 0.133 e. The zero-order chi connectivity index (χ0) is 7.40. The van der Waals surface area contributed by atoms with E-state index in [1.54, 1.807) is 6.20 Å². The van der Waals surface area contributed by atoms with Crippen LogP contribution in [-0.4, -0.2) is 13.1 Å². The predicted octanol–water partition coefficient (Wildman–Crippen LogP) is 0.0988. The molecule has 0 spiro atoms. The van der Waals surface area contributed by atoms with Crippen molar-refractivity contribution >= 4 is 0 Å². The molecule has 0 aromatic heterocycles. The number of nitrogens with zero attached hydrogens (tertiary/aromatic N) is 1. The summed E-state index contributed by atoms with van der Waals surface area (Å²) in [6.07, 6.45) is 5.48. The highest BCUT2D eigenvalue weighted by atomic mass is 14.9. The normalized spacial score (nSPS) is 22.4. The van der Waals surface area contributed by atoms with Crippen molar-refractivity contribution in [2.45, 2.75) is 6.04 Å². The number of nitrogens with one attached hydrogen (secondary N) is 2. The molecule has 3 heteroatoms. The van der Waals surface area contributed by atoms with E-state index >= 15 is 0 Å². The Morgan fingerprint density at radius 1 is 1.80 bits per heavy atom. The first-order valence-electron chi connectivity index (χ1n) is 3.08. The van der Waals surface area contributed by atoms with E-state index in [1.165, 1.54) is 0 Å². The molecule has 1 unspecified atom stereocenters. The SMILES string of the molecule is CNC1=CNC(C#N)C=C1. The molecule has 0 bridgehead atoms. The minimum atomic E-state index is -0.169. The number of nitriles is 1. The van der Waals surface area contributed by atoms with Gasteiger partial charge in [-0.3, -0.25) is 0 Å². The molecule has 2 N–H and O–H groups in total. The number of hydrogen-bond donors (Lipinski definition) is 2. The summed E-state index contributed by atoms with van der Waals surface area (Å²) in [6.45, 7) is 0. The van der Waals surface area contributed by atoms with E-state index in [2.05, 4.69) is 16.7 Å². The van der Waals surface area contributed by atoms with Crippen LogP contribution in [0, 0.1) is 11.3 Å². The summed E-state index contributed by atoms with van der Waals surface area (Å²) in [4.78, 5) is 0. The molecule has 1 heterocycles. The van der Waals surface area contributed by atoms with Gasteiger partial charge in [0.1, 0.15) is 6.04 Å². The highest BCUT2D eigenvalue weighted by Gasteiger charge is 2.02. The molecule has 0 saturated heterocycles. The Kier molecular flexibility index (Phi) is 1.96. The lowest BCUT2D eigenvalue weighted by atomic mass is 10.2. The van der Waals surface area contributed by atoms with Crippen molar-refractivity contribution in [1.29, 1.82) is 5.26 Å². The lowest BCUT2D eigenvalue weighted by molar-refractivity contribution is 0.809. The molecule has 0 saturated carbocycles. The molecule has 0 aliphatic carbocycles. The standard InChI is InChI=1S/C7H9N3/c1-9-7-3-2-6(4-8)10-5-7/h2-3,5-6,9-10H,1H3. The number of rotatable bonds is 1. The summed E-state index contributed by atoms with van der Waals surface area (Å²) < 4.78 is 0. The van der Waals surface area contributed by atoms with Gasteiger partial charge in [0.05, 0.1) is 6.07 Å². The summed E-state index contributed by atoms with van der Waals surface area (Å²) >= 11 is 0. The fourth-order valence-electron chi connectivity index (χ4n) is 0.719. The molecule has 0 fully saturated rings. The lowest BCUT2D eigenvalue weighted by Gasteiger charge is -2.11. The maximum atomic E-state index is 8.44. The Balaban J connectivity index is 2.56. The van der Waals surface area contributed by atoms with Crippen LogP contribution in [0.15, 0.2) is 24.0 Å². The zero-order valence-electron chi connectivity index (χ0n) is 5.76. The second-order valence-electron chi connectivity index (χ2n) is 1.98. The monoisotopic (exact) mass is 135 g/mol. The molecular formula is C7H9N3. The quantitative estimate of drug-likeness (QED) is 0.536. The summed E-state index contributed by atoms with van der Waals surface area (Å²) in [5.41, 5.74) is 0.992. The van der Waals surface area contributed by atoms with E-state index in [-0.39, 0.29) is 6.04 Å². The fraction of sp³-hybridized carbons (Fsp3) is 0.286. The van der Waals surface area contributed by atoms with Gasteiger partial charge in [-0.15, -0.1) is 0 Å². The Labute approximate surface area is 60.0 Å². The second kappa shape index (κ2) is 2.92. The van der Waals surface area contributed by atoms with E-state index < -0.39 is 0 Å². The Hall–Kier alpha value is -1.43. The van der Waals surface area contributed by atoms with Crippen molar-refractivity contribution in [3.05, 3.63) is 24.0 Å². The van der Waals surface area contributed by atoms with Crippen LogP contribution in [0.2, 0.25) is 0 Å². The number of hydrogen-bond acceptors (Lipinski definition) is 3. The van der Waals surface area contributed by atoms with E-state index in [9.17, 15) is 0 Å². The van der Waals surface area contributed by atoms with E-state index in [0.717, 1.165) is 5.70 Å². The van der Waals surface area contributed by atoms with E-state index in [1.807, 2.05) is 19.2 Å². The lowest BCUT2D eigenvalue weighted by Crippen LogP contribution is -2.25. The van der Waals surface area contributed by atoms with Crippen LogP contribution >= 0.6 is 0 Å². The average molecular weight is 135 g/mol. The average Bonchev–Trinajstić information content (AvgIpc) is 2.05. The summed E-state index contributed by atoms with van der Waals surface area (Å²) in [7, 11) is 1.84. The maximum absolute atomic E-state index is 8.44. The van der Waals surface area contributed by atoms with Crippen LogP contribution in [-0.2, 0) is 0 Å². The molecular weight excluding hydrogens is 126 g/mol. The molecule has 3 nitrogen and oxygen atoms in total. The first kappa shape index (κ1) is 6.69. The molecule has 0 aromatic rings. The van der Waals surface area contributed by atoms with E-state index in [4.69, 9.17) is 5.26 Å². The third-order valence-electron chi connectivity index (χ3n) is 1.31. The minimum Gasteiger partial charge on any atom is -0.387 e. The van der Waals surface area contributed by atoms with Crippen molar-refractivity contribution in [3.8, 4) is 6.07 Å². The molecule has 10 heavy (non-hydrogen) atoms. The topological polar surface area (TPSA) is 47.8 Å². The van der Waals surface area contributed by atoms with Gasteiger partial charge < -0.3 is 10.6 Å². The van der Waals surface area contributed by atoms with Gasteiger partial charge in [0.25, 0.3) is 0 Å². The van der Waals surface area contributed by atoms with Gasteiger partial charge in [0.15, 0.2) is 0 Å². The third-order valence-corrected chi connectivity index (χ3v) is 1.31. The van der Waals surface area contributed by atoms with Gasteiger partial charge in [-0.1, -0.05) is 0 Å². The second-order valence-corrected chi connectivity index (χ2v) is 1.98. The Bertz CT molecular complexity index is 209. The van der Waals surface area contributed by atoms with Crippen LogP contribution < -0.4 is 10.6 Å². The number of dihydropyridines is 1. The Morgan fingerprint density at radius 3 is 3.00 bits per heavy atom. The fourth-order valence-corrected chi connectivity index (χ4v) is 0.719. The van der Waals surface area contributed by atoms with E-state index in [0.29, 0.717) is 0 Å². The van der Waals surface area contributed by atoms with Crippen LogP contribution in [0.3, 0.4) is 0 Å². The molecule has 0 radical (unpaired) electrons. The highest BCUT2D eigenvalue weighted by Crippen LogP contribution is 1.98. The van der Waals surface area contributed by atoms with Crippen molar-refractivity contribution in [2.75, 3.05) is 7.05 Å². The molecule has 0 aromatic carbocycles. The highest BCUT2D eigenvalue weighted by molar-refractivity contribution is 5.25. The zero-order valence-corrected chi connectivity index (χ0v) is 5.76. The minimum absolute atomic E-state index is 0.169.